The number of nitrogens with one attached hydrogen (secondary N) is 1. The Kier molecular flexibility index (Phi) is 3.80. The molecule has 1 aromatic carbocycles. The second-order valence-corrected chi connectivity index (χ2v) is 4.24. The van der Waals surface area contributed by atoms with Crippen molar-refractivity contribution in [2.75, 3.05) is 38.3 Å². The number of aryl methyl sites for hydroxylation is 1. The van der Waals surface area contributed by atoms with Crippen molar-refractivity contribution in [1.29, 1.82) is 0 Å². The smallest absolute Gasteiger partial charge is 0.0637 e. The van der Waals surface area contributed by atoms with Crippen molar-refractivity contribution in [2.24, 2.45) is 0 Å². The van der Waals surface area contributed by atoms with Gasteiger partial charge in [-0.25, -0.2) is 0 Å². The molecule has 0 saturated carbocycles. The summed E-state index contributed by atoms with van der Waals surface area (Å²) in [5.41, 5.74) is 4.15. The van der Waals surface area contributed by atoms with Gasteiger partial charge in [0, 0.05) is 39.0 Å². The van der Waals surface area contributed by atoms with Gasteiger partial charge in [-0.1, -0.05) is 18.2 Å². The van der Waals surface area contributed by atoms with Gasteiger partial charge in [-0.05, 0) is 18.1 Å². The summed E-state index contributed by atoms with van der Waals surface area (Å²) in [5, 5.41) is 3.45. The lowest BCUT2D eigenvalue weighted by molar-refractivity contribution is 0.205. The van der Waals surface area contributed by atoms with Crippen molar-refractivity contribution in [2.45, 2.75) is 13.5 Å². The Hall–Kier alpha value is -1.06. The molecule has 0 bridgehead atoms. The van der Waals surface area contributed by atoms with Gasteiger partial charge in [0.2, 0.25) is 0 Å². The Balaban J connectivity index is 2.27. The monoisotopic (exact) mass is 220 g/mol. The van der Waals surface area contributed by atoms with E-state index in [1.807, 2.05) is 0 Å². The van der Waals surface area contributed by atoms with Gasteiger partial charge in [-0.2, -0.15) is 0 Å². The van der Waals surface area contributed by atoms with E-state index in [-0.39, 0.29) is 0 Å². The van der Waals surface area contributed by atoms with Gasteiger partial charge in [-0.15, -0.1) is 0 Å². The van der Waals surface area contributed by atoms with Crippen LogP contribution in [0.1, 0.15) is 11.1 Å². The topological polar surface area (TPSA) is 24.5 Å². The minimum Gasteiger partial charge on any atom is -0.383 e. The van der Waals surface area contributed by atoms with E-state index in [1.54, 1.807) is 7.11 Å². The molecule has 0 fully saturated rings. The normalized spacial score (nSPS) is 15.8. The summed E-state index contributed by atoms with van der Waals surface area (Å²) in [6.45, 7) is 7.01. The summed E-state index contributed by atoms with van der Waals surface area (Å²) < 4.78 is 5.18. The zero-order chi connectivity index (χ0) is 11.4. The summed E-state index contributed by atoms with van der Waals surface area (Å²) in [5.74, 6) is 0. The van der Waals surface area contributed by atoms with Gasteiger partial charge in [0.15, 0.2) is 0 Å². The molecule has 0 atom stereocenters. The number of benzene rings is 1. The fraction of sp³-hybridized carbons (Fsp3) is 0.538. The Morgan fingerprint density at radius 2 is 2.31 bits per heavy atom. The number of hydrogen-bond acceptors (Lipinski definition) is 3. The second-order valence-electron chi connectivity index (χ2n) is 4.24. The first kappa shape index (κ1) is 11.4. The molecule has 1 heterocycles. The number of nitrogens with zero attached hydrogens (tertiary/aromatic N) is 1. The summed E-state index contributed by atoms with van der Waals surface area (Å²) in [7, 11) is 1.76. The van der Waals surface area contributed by atoms with Crippen molar-refractivity contribution in [3.63, 3.8) is 0 Å². The molecule has 0 unspecified atom stereocenters. The molecular formula is C13H20N2O. The quantitative estimate of drug-likeness (QED) is 0.836. The van der Waals surface area contributed by atoms with E-state index in [9.17, 15) is 0 Å². The van der Waals surface area contributed by atoms with Gasteiger partial charge < -0.3 is 15.0 Å². The zero-order valence-electron chi connectivity index (χ0n) is 10.1. The summed E-state index contributed by atoms with van der Waals surface area (Å²) in [4.78, 5) is 2.42. The summed E-state index contributed by atoms with van der Waals surface area (Å²) in [6.07, 6.45) is 0. The van der Waals surface area contributed by atoms with Crippen LogP contribution in [-0.4, -0.2) is 33.4 Å². The van der Waals surface area contributed by atoms with Gasteiger partial charge in [0.25, 0.3) is 0 Å². The second kappa shape index (κ2) is 5.32. The predicted molar refractivity (Wildman–Crippen MR) is 67.0 cm³/mol. The average molecular weight is 220 g/mol. The number of ether oxygens (including phenoxy) is 1. The number of fused-ring (bicyclic) bond motifs is 1. The van der Waals surface area contributed by atoms with E-state index in [2.05, 4.69) is 35.3 Å². The largest absolute Gasteiger partial charge is 0.383 e. The molecule has 88 valence electrons. The Morgan fingerprint density at radius 1 is 1.44 bits per heavy atom. The van der Waals surface area contributed by atoms with Crippen LogP contribution in [0.3, 0.4) is 0 Å². The van der Waals surface area contributed by atoms with E-state index in [0.717, 1.165) is 32.8 Å². The number of methoxy groups -OCH3 is 1. The highest BCUT2D eigenvalue weighted by Gasteiger charge is 2.16. The molecule has 2 rings (SSSR count). The van der Waals surface area contributed by atoms with E-state index < -0.39 is 0 Å². The lowest BCUT2D eigenvalue weighted by atomic mass is 10.1. The SMILES string of the molecule is COCCN1CCNCc2cccc(C)c21. The first-order valence-corrected chi connectivity index (χ1v) is 5.86. The maximum Gasteiger partial charge on any atom is 0.0637 e. The van der Waals surface area contributed by atoms with E-state index in [1.165, 1.54) is 16.8 Å². The van der Waals surface area contributed by atoms with Crippen LogP contribution in [0, 0.1) is 6.92 Å². The molecule has 0 saturated heterocycles. The molecular weight excluding hydrogens is 200 g/mol. The first-order chi connectivity index (χ1) is 7.83. The van der Waals surface area contributed by atoms with Gasteiger partial charge in [-0.3, -0.25) is 0 Å². The fourth-order valence-corrected chi connectivity index (χ4v) is 2.29. The Bertz CT molecular complexity index is 352. The predicted octanol–water partition coefficient (Wildman–Crippen LogP) is 1.55. The molecule has 1 N–H and O–H groups in total. The Labute approximate surface area is 97.4 Å². The number of anilines is 1. The molecule has 0 aromatic heterocycles. The molecule has 0 radical (unpaired) electrons. The van der Waals surface area contributed by atoms with Crippen molar-refractivity contribution >= 4 is 5.69 Å². The highest BCUT2D eigenvalue weighted by molar-refractivity contribution is 5.60. The number of hydrogen-bond donors (Lipinski definition) is 1. The van der Waals surface area contributed by atoms with Crippen LogP contribution in [0.25, 0.3) is 0 Å². The third kappa shape index (κ3) is 2.36. The van der Waals surface area contributed by atoms with E-state index in [0.29, 0.717) is 0 Å². The molecule has 1 aliphatic heterocycles. The standard InChI is InChI=1S/C13H20N2O/c1-11-4-3-5-12-10-14-6-7-15(13(11)12)8-9-16-2/h3-5,14H,6-10H2,1-2H3. The lowest BCUT2D eigenvalue weighted by Gasteiger charge is -2.26. The molecule has 0 amide bonds. The molecule has 3 heteroatoms. The maximum absolute atomic E-state index is 5.18. The highest BCUT2D eigenvalue weighted by Crippen LogP contribution is 2.26. The van der Waals surface area contributed by atoms with E-state index in [4.69, 9.17) is 4.74 Å². The van der Waals surface area contributed by atoms with E-state index >= 15 is 0 Å². The summed E-state index contributed by atoms with van der Waals surface area (Å²) in [6, 6.07) is 6.53. The molecule has 3 nitrogen and oxygen atoms in total. The third-order valence-electron chi connectivity index (χ3n) is 3.08. The first-order valence-electron chi connectivity index (χ1n) is 5.86. The minimum absolute atomic E-state index is 0.785. The number of rotatable bonds is 3. The van der Waals surface area contributed by atoms with Crippen molar-refractivity contribution in [1.82, 2.24) is 5.32 Å². The summed E-state index contributed by atoms with van der Waals surface area (Å²) >= 11 is 0. The minimum atomic E-state index is 0.785. The van der Waals surface area contributed by atoms with Crippen LogP contribution in [0.4, 0.5) is 5.69 Å². The third-order valence-corrected chi connectivity index (χ3v) is 3.08. The van der Waals surface area contributed by atoms with Crippen molar-refractivity contribution in [3.05, 3.63) is 29.3 Å². The van der Waals surface area contributed by atoms with Crippen LogP contribution in [-0.2, 0) is 11.3 Å². The van der Waals surface area contributed by atoms with Crippen LogP contribution < -0.4 is 10.2 Å². The zero-order valence-corrected chi connectivity index (χ0v) is 10.1. The van der Waals surface area contributed by atoms with Crippen molar-refractivity contribution in [3.8, 4) is 0 Å². The fourth-order valence-electron chi connectivity index (χ4n) is 2.29. The number of para-hydroxylation sites is 1. The van der Waals surface area contributed by atoms with Crippen molar-refractivity contribution < 1.29 is 4.74 Å². The van der Waals surface area contributed by atoms with Crippen LogP contribution >= 0.6 is 0 Å². The lowest BCUT2D eigenvalue weighted by Crippen LogP contribution is -2.32. The van der Waals surface area contributed by atoms with Gasteiger partial charge in [0.05, 0.1) is 6.61 Å². The van der Waals surface area contributed by atoms with Crippen LogP contribution in [0.15, 0.2) is 18.2 Å². The molecule has 16 heavy (non-hydrogen) atoms. The average Bonchev–Trinajstić information content (AvgIpc) is 2.49. The molecule has 1 aromatic rings. The molecule has 0 aliphatic carbocycles. The van der Waals surface area contributed by atoms with Gasteiger partial charge >= 0.3 is 0 Å². The highest BCUT2D eigenvalue weighted by atomic mass is 16.5. The molecule has 0 spiro atoms. The van der Waals surface area contributed by atoms with Gasteiger partial charge in [0.1, 0.15) is 0 Å². The van der Waals surface area contributed by atoms with Crippen LogP contribution in [0.5, 0.6) is 0 Å². The maximum atomic E-state index is 5.18. The Morgan fingerprint density at radius 3 is 3.12 bits per heavy atom. The van der Waals surface area contributed by atoms with Crippen LogP contribution in [0.2, 0.25) is 0 Å². The molecule has 1 aliphatic rings.